The van der Waals surface area contributed by atoms with Crippen molar-refractivity contribution in [3.05, 3.63) is 82.8 Å². The zero-order chi connectivity index (χ0) is 20.2. The molecule has 0 bridgehead atoms. The molecule has 1 aliphatic rings. The maximum atomic E-state index is 12.5. The van der Waals surface area contributed by atoms with Gasteiger partial charge in [0.2, 0.25) is 0 Å². The van der Waals surface area contributed by atoms with Crippen LogP contribution in [0.5, 0.6) is 5.75 Å². The van der Waals surface area contributed by atoms with Crippen molar-refractivity contribution < 1.29 is 9.50 Å². The quantitative estimate of drug-likeness (QED) is 0.521. The number of hydrogen-bond acceptors (Lipinski definition) is 4. The second-order valence-electron chi connectivity index (χ2n) is 7.10. The van der Waals surface area contributed by atoms with Gasteiger partial charge in [0.15, 0.2) is 0 Å². The Bertz CT molecular complexity index is 998. The monoisotopic (exact) mass is 388 g/mol. The SMILES string of the molecule is CCOc1ccc(N2C[N+](=O)c3cc(NCc4ccc(CC)cc4)ccc32)cc1. The fraction of sp³-hybridized carbons (Fsp3) is 0.250. The Balaban J connectivity index is 1.49. The maximum Gasteiger partial charge on any atom is 0.284 e. The number of nitrogens with zero attached hydrogens (tertiary/aromatic N) is 2. The van der Waals surface area contributed by atoms with Crippen molar-refractivity contribution in [3.63, 3.8) is 0 Å². The number of hydrogen-bond donors (Lipinski definition) is 1. The Morgan fingerprint density at radius 2 is 1.69 bits per heavy atom. The minimum Gasteiger partial charge on any atom is -0.494 e. The van der Waals surface area contributed by atoms with E-state index in [-0.39, 0.29) is 6.67 Å². The Kier molecular flexibility index (Phi) is 5.47. The number of nitrogens with one attached hydrogen (secondary N) is 1. The van der Waals surface area contributed by atoms with E-state index < -0.39 is 0 Å². The highest BCUT2D eigenvalue weighted by Crippen LogP contribution is 2.41. The molecule has 1 N–H and O–H groups in total. The van der Waals surface area contributed by atoms with Crippen LogP contribution in [0.1, 0.15) is 25.0 Å². The normalized spacial score (nSPS) is 12.8. The van der Waals surface area contributed by atoms with Gasteiger partial charge in [0, 0.05) is 28.9 Å². The molecule has 3 aromatic carbocycles. The predicted molar refractivity (Wildman–Crippen MR) is 117 cm³/mol. The Morgan fingerprint density at radius 3 is 2.38 bits per heavy atom. The lowest BCUT2D eigenvalue weighted by molar-refractivity contribution is -0.450. The number of ether oxygens (including phenoxy) is 1. The van der Waals surface area contributed by atoms with Gasteiger partial charge in [-0.1, -0.05) is 31.2 Å². The van der Waals surface area contributed by atoms with E-state index in [9.17, 15) is 4.91 Å². The molecule has 0 radical (unpaired) electrons. The summed E-state index contributed by atoms with van der Waals surface area (Å²) >= 11 is 0. The minimum atomic E-state index is 0.283. The van der Waals surface area contributed by atoms with Crippen molar-refractivity contribution in [1.82, 2.24) is 0 Å². The summed E-state index contributed by atoms with van der Waals surface area (Å²) < 4.78 is 6.54. The van der Waals surface area contributed by atoms with E-state index in [1.165, 1.54) is 11.1 Å². The van der Waals surface area contributed by atoms with Gasteiger partial charge in [0.05, 0.1) is 11.4 Å². The summed E-state index contributed by atoms with van der Waals surface area (Å²) in [5.74, 6) is 0.834. The molecule has 148 valence electrons. The first-order valence-electron chi connectivity index (χ1n) is 10.1. The van der Waals surface area contributed by atoms with E-state index >= 15 is 0 Å². The summed E-state index contributed by atoms with van der Waals surface area (Å²) in [5, 5.41) is 3.42. The molecule has 1 aliphatic heterocycles. The maximum absolute atomic E-state index is 12.5. The Labute approximate surface area is 171 Å². The van der Waals surface area contributed by atoms with Crippen molar-refractivity contribution in [1.29, 1.82) is 0 Å². The zero-order valence-corrected chi connectivity index (χ0v) is 16.9. The predicted octanol–water partition coefficient (Wildman–Crippen LogP) is 5.78. The van der Waals surface area contributed by atoms with E-state index in [1.807, 2.05) is 54.3 Å². The molecule has 0 aromatic heterocycles. The molecule has 0 spiro atoms. The average molecular weight is 388 g/mol. The fourth-order valence-electron chi connectivity index (χ4n) is 3.55. The molecule has 0 unspecified atom stereocenters. The van der Waals surface area contributed by atoms with Crippen molar-refractivity contribution in [3.8, 4) is 5.75 Å². The summed E-state index contributed by atoms with van der Waals surface area (Å²) in [6.45, 7) is 5.77. The Morgan fingerprint density at radius 1 is 0.966 bits per heavy atom. The van der Waals surface area contributed by atoms with E-state index in [0.29, 0.717) is 12.3 Å². The molecule has 5 heteroatoms. The van der Waals surface area contributed by atoms with Gasteiger partial charge in [-0.2, -0.15) is 0 Å². The van der Waals surface area contributed by atoms with E-state index in [0.717, 1.165) is 40.5 Å². The van der Waals surface area contributed by atoms with Gasteiger partial charge >= 0.3 is 0 Å². The smallest absolute Gasteiger partial charge is 0.284 e. The van der Waals surface area contributed by atoms with Crippen molar-refractivity contribution >= 4 is 22.7 Å². The van der Waals surface area contributed by atoms with Crippen LogP contribution in [-0.2, 0) is 13.0 Å². The number of benzene rings is 3. The van der Waals surface area contributed by atoms with Crippen LogP contribution in [0.2, 0.25) is 0 Å². The molecular weight excluding hydrogens is 362 g/mol. The van der Waals surface area contributed by atoms with Gasteiger partial charge in [0.25, 0.3) is 12.4 Å². The molecular formula is C24H26N3O2+. The fourth-order valence-corrected chi connectivity index (χ4v) is 3.55. The molecule has 0 aliphatic carbocycles. The lowest BCUT2D eigenvalue weighted by atomic mass is 10.1. The first kappa shape index (κ1) is 19.0. The number of fused-ring (bicyclic) bond motifs is 1. The zero-order valence-electron chi connectivity index (χ0n) is 16.9. The van der Waals surface area contributed by atoms with Crippen molar-refractivity contribution in [2.75, 3.05) is 23.5 Å². The summed E-state index contributed by atoms with van der Waals surface area (Å²) in [4.78, 5) is 14.6. The average Bonchev–Trinajstić information content (AvgIpc) is 3.09. The van der Waals surface area contributed by atoms with Crippen LogP contribution in [0.25, 0.3) is 0 Å². The molecule has 0 saturated heterocycles. The van der Waals surface area contributed by atoms with E-state index in [2.05, 4.69) is 36.5 Å². The van der Waals surface area contributed by atoms with E-state index in [1.54, 1.807) is 0 Å². The standard InChI is InChI=1S/C24H26N3O2/c1-3-18-5-7-19(8-6-18)16-25-20-9-14-23-24(15-20)27(28)17-26(23)21-10-12-22(13-11-21)29-4-2/h5-15,25H,3-4,16-17H2,1-2H3/q+1. The van der Waals surface area contributed by atoms with Gasteiger partial charge in [-0.25, -0.2) is 0 Å². The summed E-state index contributed by atoms with van der Waals surface area (Å²) in [6.07, 6.45) is 1.04. The number of rotatable bonds is 7. The second kappa shape index (κ2) is 8.35. The Hall–Kier alpha value is -3.34. The molecule has 29 heavy (non-hydrogen) atoms. The van der Waals surface area contributed by atoms with Gasteiger partial charge in [-0.15, -0.1) is 0 Å². The molecule has 0 fully saturated rings. The van der Waals surface area contributed by atoms with Crippen LogP contribution in [0.4, 0.5) is 22.7 Å². The highest BCUT2D eigenvalue weighted by Gasteiger charge is 2.35. The minimum absolute atomic E-state index is 0.283. The summed E-state index contributed by atoms with van der Waals surface area (Å²) in [7, 11) is 0. The van der Waals surface area contributed by atoms with Crippen molar-refractivity contribution in [2.45, 2.75) is 26.8 Å². The van der Waals surface area contributed by atoms with Gasteiger partial charge < -0.3 is 10.1 Å². The topological polar surface area (TPSA) is 44.6 Å². The molecule has 0 atom stereocenters. The number of anilines is 3. The van der Waals surface area contributed by atoms with Crippen molar-refractivity contribution in [2.24, 2.45) is 0 Å². The first-order chi connectivity index (χ1) is 14.2. The van der Waals surface area contributed by atoms with Crippen LogP contribution in [0, 0.1) is 4.91 Å². The summed E-state index contributed by atoms with van der Waals surface area (Å²) in [6, 6.07) is 22.4. The number of aryl methyl sites for hydroxylation is 1. The lowest BCUT2D eigenvalue weighted by Crippen LogP contribution is -2.16. The van der Waals surface area contributed by atoms with E-state index in [4.69, 9.17) is 4.74 Å². The van der Waals surface area contributed by atoms with Gasteiger partial charge in [-0.3, -0.25) is 4.90 Å². The highest BCUT2D eigenvalue weighted by molar-refractivity contribution is 5.77. The van der Waals surface area contributed by atoms with Gasteiger partial charge in [0.1, 0.15) is 11.4 Å². The molecule has 0 saturated carbocycles. The third-order valence-corrected chi connectivity index (χ3v) is 5.19. The third-order valence-electron chi connectivity index (χ3n) is 5.19. The molecule has 5 nitrogen and oxygen atoms in total. The van der Waals surface area contributed by atoms with Crippen LogP contribution >= 0.6 is 0 Å². The molecule has 1 heterocycles. The molecule has 3 aromatic rings. The summed E-state index contributed by atoms with van der Waals surface area (Å²) in [5.41, 5.74) is 6.08. The second-order valence-corrected chi connectivity index (χ2v) is 7.10. The van der Waals surface area contributed by atoms with Crippen LogP contribution in [0.3, 0.4) is 0 Å². The van der Waals surface area contributed by atoms with Crippen LogP contribution < -0.4 is 15.0 Å². The van der Waals surface area contributed by atoms with Crippen LogP contribution in [-0.4, -0.2) is 18.0 Å². The lowest BCUT2D eigenvalue weighted by Gasteiger charge is -2.14. The largest absolute Gasteiger partial charge is 0.494 e. The molecule has 4 rings (SSSR count). The van der Waals surface area contributed by atoms with Crippen LogP contribution in [0.15, 0.2) is 66.7 Å². The number of nitroso groups, excluding NO2 is 1. The first-order valence-corrected chi connectivity index (χ1v) is 10.1. The molecule has 0 amide bonds. The highest BCUT2D eigenvalue weighted by atomic mass is 16.5. The van der Waals surface area contributed by atoms with Gasteiger partial charge in [-0.05, 0) is 60.9 Å². The third kappa shape index (κ3) is 4.09.